The van der Waals surface area contributed by atoms with Gasteiger partial charge in [0.1, 0.15) is 17.4 Å². The second-order valence-electron chi connectivity index (χ2n) is 7.39. The normalized spacial score (nSPS) is 15.9. The third-order valence-corrected chi connectivity index (χ3v) is 5.35. The van der Waals surface area contributed by atoms with Crippen LogP contribution < -0.4 is 10.1 Å². The summed E-state index contributed by atoms with van der Waals surface area (Å²) in [5, 5.41) is 12.7. The van der Waals surface area contributed by atoms with Crippen molar-refractivity contribution < 1.29 is 9.53 Å². The van der Waals surface area contributed by atoms with Crippen molar-refractivity contribution in [1.82, 2.24) is 15.1 Å². The predicted octanol–water partition coefficient (Wildman–Crippen LogP) is 3.10. The zero-order valence-electron chi connectivity index (χ0n) is 17.5. The quantitative estimate of drug-likeness (QED) is 0.567. The van der Waals surface area contributed by atoms with Crippen LogP contribution in [0.2, 0.25) is 0 Å². The van der Waals surface area contributed by atoms with E-state index in [4.69, 9.17) is 4.74 Å². The molecule has 1 aliphatic rings. The Balaban J connectivity index is 1.53. The molecule has 1 unspecified atom stereocenters. The molecule has 30 heavy (non-hydrogen) atoms. The molecule has 1 aliphatic heterocycles. The van der Waals surface area contributed by atoms with E-state index in [1.165, 1.54) is 11.8 Å². The number of hydrogen-bond acceptors (Lipinski definition) is 5. The highest BCUT2D eigenvalue weighted by molar-refractivity contribution is 5.97. The lowest BCUT2D eigenvalue weighted by Crippen LogP contribution is -2.48. The highest BCUT2D eigenvalue weighted by Gasteiger charge is 2.23. The van der Waals surface area contributed by atoms with Gasteiger partial charge in [-0.25, -0.2) is 0 Å². The van der Waals surface area contributed by atoms with Crippen LogP contribution in [0.5, 0.6) is 5.75 Å². The Morgan fingerprint density at radius 2 is 1.80 bits per heavy atom. The standard InChI is InChI=1S/C24H28N4O2/c1-19(21-8-10-23(30-2)11-9-21)26-17-22(16-25)24(29)28-14-12-27(13-15-28)18-20-6-4-3-5-7-20/h3-11,17,19,26H,12-15,18H2,1-2H3/b22-17-. The number of nitrogens with zero attached hydrogens (tertiary/aromatic N) is 3. The highest BCUT2D eigenvalue weighted by Crippen LogP contribution is 2.17. The number of carbonyl (C=O) groups is 1. The maximum absolute atomic E-state index is 12.8. The summed E-state index contributed by atoms with van der Waals surface area (Å²) in [5.74, 6) is 0.576. The molecule has 2 aromatic rings. The van der Waals surface area contributed by atoms with Crippen molar-refractivity contribution in [3.8, 4) is 11.8 Å². The number of benzene rings is 2. The maximum Gasteiger partial charge on any atom is 0.266 e. The number of carbonyl (C=O) groups excluding carboxylic acids is 1. The molecular formula is C24H28N4O2. The van der Waals surface area contributed by atoms with Gasteiger partial charge in [0.05, 0.1) is 7.11 Å². The molecule has 0 saturated carbocycles. The molecule has 2 aromatic carbocycles. The molecule has 156 valence electrons. The monoisotopic (exact) mass is 404 g/mol. The topological polar surface area (TPSA) is 68.6 Å². The molecule has 6 heteroatoms. The van der Waals surface area contributed by atoms with Crippen molar-refractivity contribution in [2.75, 3.05) is 33.3 Å². The van der Waals surface area contributed by atoms with Gasteiger partial charge in [-0.1, -0.05) is 42.5 Å². The van der Waals surface area contributed by atoms with E-state index in [1.54, 1.807) is 12.0 Å². The van der Waals surface area contributed by atoms with Gasteiger partial charge < -0.3 is 15.0 Å². The Kier molecular flexibility index (Phi) is 7.47. The van der Waals surface area contributed by atoms with Gasteiger partial charge in [-0.15, -0.1) is 0 Å². The molecule has 1 heterocycles. The minimum absolute atomic E-state index is 0.0326. The van der Waals surface area contributed by atoms with Crippen LogP contribution >= 0.6 is 0 Å². The van der Waals surface area contributed by atoms with Gasteiger partial charge in [-0.2, -0.15) is 5.26 Å². The number of rotatable bonds is 7. The lowest BCUT2D eigenvalue weighted by Gasteiger charge is -2.34. The first kappa shape index (κ1) is 21.4. The molecule has 0 aromatic heterocycles. The summed E-state index contributed by atoms with van der Waals surface area (Å²) in [7, 11) is 1.63. The molecule has 6 nitrogen and oxygen atoms in total. The van der Waals surface area contributed by atoms with Gasteiger partial charge in [-0.05, 0) is 30.2 Å². The molecule has 0 spiro atoms. The van der Waals surface area contributed by atoms with Crippen molar-refractivity contribution in [1.29, 1.82) is 5.26 Å². The molecule has 0 radical (unpaired) electrons. The van der Waals surface area contributed by atoms with Crippen LogP contribution in [0.1, 0.15) is 24.1 Å². The number of ether oxygens (including phenoxy) is 1. The van der Waals surface area contributed by atoms with E-state index in [9.17, 15) is 10.1 Å². The lowest BCUT2D eigenvalue weighted by molar-refractivity contribution is -0.128. The average Bonchev–Trinajstić information content (AvgIpc) is 2.80. The van der Waals surface area contributed by atoms with E-state index in [0.29, 0.717) is 13.1 Å². The molecule has 0 bridgehead atoms. The van der Waals surface area contributed by atoms with E-state index >= 15 is 0 Å². The summed E-state index contributed by atoms with van der Waals surface area (Å²) in [6.45, 7) is 5.71. The van der Waals surface area contributed by atoms with Crippen LogP contribution in [0.25, 0.3) is 0 Å². The van der Waals surface area contributed by atoms with Gasteiger partial charge in [0.2, 0.25) is 0 Å². The summed E-state index contributed by atoms with van der Waals surface area (Å²) in [4.78, 5) is 16.9. The number of methoxy groups -OCH3 is 1. The van der Waals surface area contributed by atoms with Gasteiger partial charge in [0, 0.05) is 45.0 Å². The Hall–Kier alpha value is -3.30. The van der Waals surface area contributed by atoms with E-state index in [2.05, 4.69) is 22.3 Å². The summed E-state index contributed by atoms with van der Waals surface area (Å²) < 4.78 is 5.17. The largest absolute Gasteiger partial charge is 0.497 e. The minimum atomic E-state index is -0.216. The van der Waals surface area contributed by atoms with E-state index in [-0.39, 0.29) is 17.5 Å². The fourth-order valence-electron chi connectivity index (χ4n) is 3.46. The lowest BCUT2D eigenvalue weighted by atomic mass is 10.1. The number of nitriles is 1. The number of nitrogens with one attached hydrogen (secondary N) is 1. The van der Waals surface area contributed by atoms with Crippen LogP contribution in [-0.4, -0.2) is 49.0 Å². The molecule has 1 saturated heterocycles. The number of piperazine rings is 1. The van der Waals surface area contributed by atoms with Crippen molar-refractivity contribution in [3.63, 3.8) is 0 Å². The zero-order valence-corrected chi connectivity index (χ0v) is 17.5. The van der Waals surface area contributed by atoms with E-state index in [1.807, 2.05) is 55.5 Å². The SMILES string of the molecule is COc1ccc(C(C)N/C=C(/C#N)C(=O)N2CCN(Cc3ccccc3)CC2)cc1. The molecule has 1 fully saturated rings. The molecule has 1 N–H and O–H groups in total. The van der Waals surface area contributed by atoms with Crippen LogP contribution in [0.3, 0.4) is 0 Å². The Bertz CT molecular complexity index is 895. The van der Waals surface area contributed by atoms with Crippen molar-refractivity contribution in [2.24, 2.45) is 0 Å². The van der Waals surface area contributed by atoms with Gasteiger partial charge in [-0.3, -0.25) is 9.69 Å². The Labute approximate surface area is 178 Å². The highest BCUT2D eigenvalue weighted by atomic mass is 16.5. The van der Waals surface area contributed by atoms with Crippen LogP contribution in [0.4, 0.5) is 0 Å². The minimum Gasteiger partial charge on any atom is -0.497 e. The van der Waals surface area contributed by atoms with Gasteiger partial charge in [0.15, 0.2) is 0 Å². The Morgan fingerprint density at radius 3 is 2.40 bits per heavy atom. The van der Waals surface area contributed by atoms with Crippen molar-refractivity contribution >= 4 is 5.91 Å². The molecule has 3 rings (SSSR count). The summed E-state index contributed by atoms with van der Waals surface area (Å²) in [5.41, 5.74) is 2.45. The summed E-state index contributed by atoms with van der Waals surface area (Å²) >= 11 is 0. The third kappa shape index (κ3) is 5.62. The third-order valence-electron chi connectivity index (χ3n) is 5.35. The molecule has 1 atom stereocenters. The summed E-state index contributed by atoms with van der Waals surface area (Å²) in [6, 6.07) is 20.0. The molecule has 0 aliphatic carbocycles. The van der Waals surface area contributed by atoms with E-state index in [0.717, 1.165) is 30.9 Å². The van der Waals surface area contributed by atoms with Crippen molar-refractivity contribution in [3.05, 3.63) is 77.5 Å². The van der Waals surface area contributed by atoms with Gasteiger partial charge in [0.25, 0.3) is 5.91 Å². The first-order valence-electron chi connectivity index (χ1n) is 10.2. The van der Waals surface area contributed by atoms with E-state index < -0.39 is 0 Å². The van der Waals surface area contributed by atoms with Gasteiger partial charge >= 0.3 is 0 Å². The second kappa shape index (κ2) is 10.5. The summed E-state index contributed by atoms with van der Waals surface area (Å²) in [6.07, 6.45) is 1.54. The number of amides is 1. The first-order valence-corrected chi connectivity index (χ1v) is 10.2. The molecule has 1 amide bonds. The first-order chi connectivity index (χ1) is 14.6. The molecular weight excluding hydrogens is 376 g/mol. The zero-order chi connectivity index (χ0) is 21.3. The van der Waals surface area contributed by atoms with Crippen LogP contribution in [0.15, 0.2) is 66.4 Å². The predicted molar refractivity (Wildman–Crippen MR) is 117 cm³/mol. The van der Waals surface area contributed by atoms with Crippen LogP contribution in [0, 0.1) is 11.3 Å². The number of hydrogen-bond donors (Lipinski definition) is 1. The Morgan fingerprint density at radius 1 is 1.13 bits per heavy atom. The maximum atomic E-state index is 12.8. The van der Waals surface area contributed by atoms with Crippen LogP contribution in [-0.2, 0) is 11.3 Å². The second-order valence-corrected chi connectivity index (χ2v) is 7.39. The fraction of sp³-hybridized carbons (Fsp3) is 0.333. The van der Waals surface area contributed by atoms with Crippen molar-refractivity contribution in [2.45, 2.75) is 19.5 Å². The fourth-order valence-corrected chi connectivity index (χ4v) is 3.46. The average molecular weight is 405 g/mol. The smallest absolute Gasteiger partial charge is 0.266 e.